The first-order valence-corrected chi connectivity index (χ1v) is 11.3. The Morgan fingerprint density at radius 3 is 2.63 bits per heavy atom. The third-order valence-corrected chi connectivity index (χ3v) is 5.98. The molecule has 0 saturated heterocycles. The summed E-state index contributed by atoms with van der Waals surface area (Å²) in [5.74, 6) is -1.01. The second-order valence-electron chi connectivity index (χ2n) is 7.66. The standard InChI is InChI=1S/C23H19FIN5O5/c1-11-19-18(20(29(2)22(11)33)27-16-7-6-12(25)8-15(16)24)21(32)28-23(34)30(19)13-4-3-5-14(9-13)35-10-17(26)31/h3-9,27H,10H2,1-2H3,(H2,26,31)(H,28,32,34). The summed E-state index contributed by atoms with van der Waals surface area (Å²) in [6.07, 6.45) is 0. The zero-order valence-electron chi connectivity index (χ0n) is 18.5. The van der Waals surface area contributed by atoms with Crippen LogP contribution >= 0.6 is 22.6 Å². The second-order valence-corrected chi connectivity index (χ2v) is 8.90. The van der Waals surface area contributed by atoms with Crippen molar-refractivity contribution < 1.29 is 13.9 Å². The highest BCUT2D eigenvalue weighted by atomic mass is 127. The first-order valence-electron chi connectivity index (χ1n) is 10.2. The first kappa shape index (κ1) is 24.2. The largest absolute Gasteiger partial charge is 0.484 e. The number of pyridine rings is 1. The number of ether oxygens (including phenoxy) is 1. The molecule has 0 saturated carbocycles. The van der Waals surface area contributed by atoms with E-state index in [4.69, 9.17) is 10.5 Å². The second kappa shape index (κ2) is 9.37. The van der Waals surface area contributed by atoms with Crippen LogP contribution in [-0.2, 0) is 11.8 Å². The summed E-state index contributed by atoms with van der Waals surface area (Å²) < 4.78 is 22.9. The van der Waals surface area contributed by atoms with Crippen molar-refractivity contribution in [3.8, 4) is 11.4 Å². The highest BCUT2D eigenvalue weighted by Gasteiger charge is 2.21. The zero-order chi connectivity index (χ0) is 25.4. The van der Waals surface area contributed by atoms with Crippen molar-refractivity contribution in [2.75, 3.05) is 11.9 Å². The van der Waals surface area contributed by atoms with Crippen LogP contribution in [-0.4, -0.2) is 26.6 Å². The minimum Gasteiger partial charge on any atom is -0.484 e. The van der Waals surface area contributed by atoms with E-state index in [1.165, 1.54) is 36.7 Å². The van der Waals surface area contributed by atoms with Crippen LogP contribution in [0.25, 0.3) is 16.6 Å². The molecule has 2 aromatic heterocycles. The predicted molar refractivity (Wildman–Crippen MR) is 137 cm³/mol. The summed E-state index contributed by atoms with van der Waals surface area (Å²) >= 11 is 1.96. The molecule has 4 N–H and O–H groups in total. The van der Waals surface area contributed by atoms with Gasteiger partial charge in [0.25, 0.3) is 17.0 Å². The average Bonchev–Trinajstić information content (AvgIpc) is 2.80. The van der Waals surface area contributed by atoms with E-state index in [1.807, 2.05) is 22.6 Å². The molecule has 1 amide bonds. The van der Waals surface area contributed by atoms with Crippen LogP contribution in [0.2, 0.25) is 0 Å². The van der Waals surface area contributed by atoms with Crippen molar-refractivity contribution in [2.45, 2.75) is 6.92 Å². The van der Waals surface area contributed by atoms with Gasteiger partial charge in [0, 0.05) is 22.2 Å². The van der Waals surface area contributed by atoms with Gasteiger partial charge in [0.2, 0.25) is 0 Å². The number of amides is 1. The summed E-state index contributed by atoms with van der Waals surface area (Å²) in [4.78, 5) is 52.4. The van der Waals surface area contributed by atoms with Crippen LogP contribution in [0.15, 0.2) is 56.8 Å². The third-order valence-electron chi connectivity index (χ3n) is 5.30. The number of nitrogens with one attached hydrogen (secondary N) is 2. The molecule has 4 aromatic rings. The number of rotatable bonds is 6. The molecule has 0 atom stereocenters. The number of aromatic nitrogens is 3. The fourth-order valence-electron chi connectivity index (χ4n) is 3.71. The molecule has 0 radical (unpaired) electrons. The van der Waals surface area contributed by atoms with Crippen molar-refractivity contribution in [1.29, 1.82) is 0 Å². The molecule has 0 aliphatic rings. The van der Waals surface area contributed by atoms with E-state index in [-0.39, 0.29) is 46.0 Å². The molecule has 0 fully saturated rings. The number of hydrogen-bond acceptors (Lipinski definition) is 6. The van der Waals surface area contributed by atoms with Crippen molar-refractivity contribution in [3.63, 3.8) is 0 Å². The number of fused-ring (bicyclic) bond motifs is 1. The van der Waals surface area contributed by atoms with Crippen LogP contribution in [0, 0.1) is 16.3 Å². The van der Waals surface area contributed by atoms with Gasteiger partial charge in [-0.1, -0.05) is 6.07 Å². The lowest BCUT2D eigenvalue weighted by molar-refractivity contribution is -0.119. The molecule has 0 spiro atoms. The van der Waals surface area contributed by atoms with Crippen LogP contribution in [0.3, 0.4) is 0 Å². The number of H-pyrrole nitrogens is 1. The van der Waals surface area contributed by atoms with Gasteiger partial charge in [-0.2, -0.15) is 0 Å². The number of carbonyl (C=O) groups is 1. The predicted octanol–water partition coefficient (Wildman–Crippen LogP) is 2.04. The normalized spacial score (nSPS) is 11.0. The minimum atomic E-state index is -0.794. The lowest BCUT2D eigenvalue weighted by Gasteiger charge is -2.19. The topological polar surface area (TPSA) is 141 Å². The number of hydrogen-bond donors (Lipinski definition) is 3. The number of carbonyl (C=O) groups excluding carboxylic acids is 1. The van der Waals surface area contributed by atoms with Gasteiger partial charge in [0.05, 0.1) is 16.9 Å². The molecule has 4 rings (SSSR count). The summed E-state index contributed by atoms with van der Waals surface area (Å²) in [6.45, 7) is 1.11. The van der Waals surface area contributed by atoms with E-state index in [1.54, 1.807) is 24.3 Å². The van der Waals surface area contributed by atoms with E-state index in [0.717, 1.165) is 4.57 Å². The van der Waals surface area contributed by atoms with Crippen molar-refractivity contribution >= 4 is 50.9 Å². The lowest BCUT2D eigenvalue weighted by atomic mass is 10.1. The van der Waals surface area contributed by atoms with E-state index in [2.05, 4.69) is 10.3 Å². The fourth-order valence-corrected chi connectivity index (χ4v) is 4.16. The average molecular weight is 591 g/mol. The number of nitrogens with zero attached hydrogens (tertiary/aromatic N) is 2. The number of benzene rings is 2. The molecule has 0 bridgehead atoms. The Labute approximate surface area is 210 Å². The quantitative estimate of drug-likeness (QED) is 0.293. The van der Waals surface area contributed by atoms with Gasteiger partial charge < -0.3 is 15.8 Å². The molecule has 35 heavy (non-hydrogen) atoms. The molecule has 2 heterocycles. The summed E-state index contributed by atoms with van der Waals surface area (Å²) in [6, 6.07) is 10.6. The highest BCUT2D eigenvalue weighted by Crippen LogP contribution is 2.27. The van der Waals surface area contributed by atoms with E-state index >= 15 is 0 Å². The molecule has 12 heteroatoms. The number of aryl methyl sites for hydroxylation is 1. The Morgan fingerprint density at radius 2 is 1.94 bits per heavy atom. The van der Waals surface area contributed by atoms with E-state index in [0.29, 0.717) is 3.57 Å². The highest BCUT2D eigenvalue weighted by molar-refractivity contribution is 14.1. The summed E-state index contributed by atoms with van der Waals surface area (Å²) in [5.41, 5.74) is 3.56. The molecule has 0 unspecified atom stereocenters. The molecule has 180 valence electrons. The molecule has 10 nitrogen and oxygen atoms in total. The number of primary amides is 1. The number of nitrogens with two attached hydrogens (primary N) is 1. The lowest BCUT2D eigenvalue weighted by Crippen LogP contribution is -2.34. The molecule has 2 aromatic carbocycles. The Kier molecular flexibility index (Phi) is 6.47. The van der Waals surface area contributed by atoms with Gasteiger partial charge in [-0.3, -0.25) is 28.5 Å². The Bertz CT molecular complexity index is 1670. The van der Waals surface area contributed by atoms with Gasteiger partial charge >= 0.3 is 5.69 Å². The van der Waals surface area contributed by atoms with Gasteiger partial charge in [0.15, 0.2) is 6.61 Å². The molecular formula is C23H19FIN5O5. The SMILES string of the molecule is Cc1c(=O)n(C)c(Nc2ccc(I)cc2F)c2c(=O)[nH]c(=O)n(-c3cccc(OCC(N)=O)c3)c12. The van der Waals surface area contributed by atoms with Gasteiger partial charge in [-0.25, -0.2) is 9.18 Å². The summed E-state index contributed by atoms with van der Waals surface area (Å²) in [7, 11) is 1.44. The summed E-state index contributed by atoms with van der Waals surface area (Å²) in [5, 5.41) is 2.81. The Balaban J connectivity index is 2.02. The number of anilines is 2. The number of aromatic amines is 1. The zero-order valence-corrected chi connectivity index (χ0v) is 20.7. The van der Waals surface area contributed by atoms with Gasteiger partial charge in [0.1, 0.15) is 22.8 Å². The molecule has 0 aliphatic heterocycles. The van der Waals surface area contributed by atoms with Gasteiger partial charge in [-0.15, -0.1) is 0 Å². The molecule has 0 aliphatic carbocycles. The third kappa shape index (κ3) is 4.56. The van der Waals surface area contributed by atoms with Crippen LogP contribution in [0.1, 0.15) is 5.56 Å². The fraction of sp³-hybridized carbons (Fsp3) is 0.130. The van der Waals surface area contributed by atoms with E-state index in [9.17, 15) is 23.6 Å². The first-order chi connectivity index (χ1) is 16.6. The monoisotopic (exact) mass is 591 g/mol. The number of halogens is 2. The minimum absolute atomic E-state index is 0.00633. The van der Waals surface area contributed by atoms with Crippen molar-refractivity contribution in [3.05, 3.63) is 88.6 Å². The van der Waals surface area contributed by atoms with Crippen molar-refractivity contribution in [2.24, 2.45) is 12.8 Å². The van der Waals surface area contributed by atoms with Crippen LogP contribution in [0.5, 0.6) is 5.75 Å². The maximum Gasteiger partial charge on any atom is 0.333 e. The van der Waals surface area contributed by atoms with Gasteiger partial charge in [-0.05, 0) is 59.8 Å². The van der Waals surface area contributed by atoms with Crippen LogP contribution < -0.4 is 32.6 Å². The van der Waals surface area contributed by atoms with Crippen molar-refractivity contribution in [1.82, 2.24) is 14.1 Å². The molecular weight excluding hydrogens is 572 g/mol. The maximum absolute atomic E-state index is 14.6. The van der Waals surface area contributed by atoms with E-state index < -0.39 is 28.5 Å². The Hall–Kier alpha value is -3.94. The smallest absolute Gasteiger partial charge is 0.333 e. The van der Waals surface area contributed by atoms with Crippen LogP contribution in [0.4, 0.5) is 15.9 Å². The maximum atomic E-state index is 14.6. The Morgan fingerprint density at radius 1 is 1.20 bits per heavy atom.